The van der Waals surface area contributed by atoms with E-state index in [1.807, 2.05) is 0 Å². The first-order valence-corrected chi connectivity index (χ1v) is 8.08. The van der Waals surface area contributed by atoms with Gasteiger partial charge >= 0.3 is 0 Å². The van der Waals surface area contributed by atoms with Crippen molar-refractivity contribution in [3.63, 3.8) is 0 Å². The summed E-state index contributed by atoms with van der Waals surface area (Å²) in [6, 6.07) is 4.17. The largest absolute Gasteiger partial charge is 0.495 e. The summed E-state index contributed by atoms with van der Waals surface area (Å²) in [7, 11) is -2.33. The maximum atomic E-state index is 12.3. The maximum absolute atomic E-state index is 12.3. The van der Waals surface area contributed by atoms with Crippen molar-refractivity contribution in [2.75, 3.05) is 13.7 Å². The van der Waals surface area contributed by atoms with Gasteiger partial charge in [0.2, 0.25) is 10.0 Å². The number of carbonyl (C=O) groups is 1. The second-order valence-corrected chi connectivity index (χ2v) is 6.31. The van der Waals surface area contributed by atoms with Gasteiger partial charge in [0, 0.05) is 11.6 Å². The molecule has 116 valence electrons. The summed E-state index contributed by atoms with van der Waals surface area (Å²) in [5.41, 5.74) is 2.40. The van der Waals surface area contributed by atoms with Gasteiger partial charge in [0.05, 0.1) is 13.7 Å². The third-order valence-electron chi connectivity index (χ3n) is 2.92. The van der Waals surface area contributed by atoms with Crippen LogP contribution in [-0.2, 0) is 14.9 Å². The van der Waals surface area contributed by atoms with Crippen LogP contribution in [0.25, 0.3) is 0 Å². The minimum Gasteiger partial charge on any atom is -0.495 e. The SMILES string of the molecule is CCONC(=O)c1ccc(OC)c(S(=O)(=O)NC2CC2)c1. The number of methoxy groups -OCH3 is 1. The summed E-state index contributed by atoms with van der Waals surface area (Å²) in [4.78, 5) is 16.6. The first kappa shape index (κ1) is 15.7. The average Bonchev–Trinajstić information content (AvgIpc) is 3.27. The van der Waals surface area contributed by atoms with Crippen LogP contribution in [0.3, 0.4) is 0 Å². The first-order valence-electron chi connectivity index (χ1n) is 6.60. The predicted molar refractivity (Wildman–Crippen MR) is 75.4 cm³/mol. The molecule has 0 aromatic heterocycles. The zero-order chi connectivity index (χ0) is 15.5. The number of rotatable bonds is 7. The van der Waals surface area contributed by atoms with E-state index in [9.17, 15) is 13.2 Å². The Labute approximate surface area is 123 Å². The highest BCUT2D eigenvalue weighted by Gasteiger charge is 2.30. The van der Waals surface area contributed by atoms with Crippen molar-refractivity contribution in [1.29, 1.82) is 0 Å². The number of ether oxygens (including phenoxy) is 1. The summed E-state index contributed by atoms with van der Waals surface area (Å²) >= 11 is 0. The van der Waals surface area contributed by atoms with Crippen molar-refractivity contribution in [1.82, 2.24) is 10.2 Å². The van der Waals surface area contributed by atoms with E-state index < -0.39 is 15.9 Å². The summed E-state index contributed by atoms with van der Waals surface area (Å²) < 4.78 is 32.2. The zero-order valence-electron chi connectivity index (χ0n) is 11.9. The highest BCUT2D eigenvalue weighted by Crippen LogP contribution is 2.28. The molecule has 7 nitrogen and oxygen atoms in total. The lowest BCUT2D eigenvalue weighted by molar-refractivity contribution is 0.0364. The Balaban J connectivity index is 2.31. The van der Waals surface area contributed by atoms with E-state index in [1.165, 1.54) is 25.3 Å². The van der Waals surface area contributed by atoms with Crippen LogP contribution in [0.5, 0.6) is 5.75 Å². The highest BCUT2D eigenvalue weighted by atomic mass is 32.2. The third kappa shape index (κ3) is 3.93. The summed E-state index contributed by atoms with van der Waals surface area (Å²) in [5.74, 6) is -0.321. The van der Waals surface area contributed by atoms with E-state index in [1.54, 1.807) is 6.92 Å². The van der Waals surface area contributed by atoms with Crippen LogP contribution < -0.4 is 14.9 Å². The van der Waals surface area contributed by atoms with Gasteiger partial charge in [-0.1, -0.05) is 0 Å². The first-order chi connectivity index (χ1) is 9.97. The molecule has 1 aromatic carbocycles. The van der Waals surface area contributed by atoms with Crippen molar-refractivity contribution < 1.29 is 22.8 Å². The van der Waals surface area contributed by atoms with Crippen molar-refractivity contribution in [2.24, 2.45) is 0 Å². The molecule has 0 bridgehead atoms. The normalized spacial score (nSPS) is 14.8. The molecule has 1 saturated carbocycles. The van der Waals surface area contributed by atoms with Gasteiger partial charge < -0.3 is 4.74 Å². The molecule has 1 amide bonds. The van der Waals surface area contributed by atoms with Crippen molar-refractivity contribution in [3.8, 4) is 5.75 Å². The molecular formula is C13H18N2O5S. The Morgan fingerprint density at radius 2 is 2.10 bits per heavy atom. The smallest absolute Gasteiger partial charge is 0.274 e. The molecule has 0 unspecified atom stereocenters. The quantitative estimate of drug-likeness (QED) is 0.727. The molecule has 2 N–H and O–H groups in total. The van der Waals surface area contributed by atoms with Crippen LogP contribution in [0.1, 0.15) is 30.1 Å². The molecular weight excluding hydrogens is 296 g/mol. The van der Waals surface area contributed by atoms with E-state index in [4.69, 9.17) is 9.57 Å². The number of hydroxylamine groups is 1. The lowest BCUT2D eigenvalue weighted by atomic mass is 10.2. The zero-order valence-corrected chi connectivity index (χ0v) is 12.7. The van der Waals surface area contributed by atoms with Gasteiger partial charge in [0.1, 0.15) is 10.6 Å². The molecule has 1 aromatic rings. The average molecular weight is 314 g/mol. The summed E-state index contributed by atoms with van der Waals surface area (Å²) in [5, 5.41) is 0. The Hall–Kier alpha value is -1.64. The van der Waals surface area contributed by atoms with Gasteiger partial charge in [-0.15, -0.1) is 0 Å². The number of sulfonamides is 1. The molecule has 1 aliphatic rings. The molecule has 0 atom stereocenters. The Morgan fingerprint density at radius 1 is 1.38 bits per heavy atom. The summed E-state index contributed by atoms with van der Waals surface area (Å²) in [6.45, 7) is 2.04. The van der Waals surface area contributed by atoms with Crippen molar-refractivity contribution in [2.45, 2.75) is 30.7 Å². The van der Waals surface area contributed by atoms with Crippen LogP contribution in [0.4, 0.5) is 0 Å². The van der Waals surface area contributed by atoms with Gasteiger partial charge in [0.15, 0.2) is 0 Å². The van der Waals surface area contributed by atoms with Gasteiger partial charge in [-0.2, -0.15) is 0 Å². The lowest BCUT2D eigenvalue weighted by Crippen LogP contribution is -2.27. The lowest BCUT2D eigenvalue weighted by Gasteiger charge is -2.12. The second kappa shape index (κ2) is 6.42. The minimum absolute atomic E-state index is 0.0272. The molecule has 0 aliphatic heterocycles. The van der Waals surface area contributed by atoms with E-state index in [2.05, 4.69) is 10.2 Å². The molecule has 1 aliphatic carbocycles. The van der Waals surface area contributed by atoms with Crippen molar-refractivity contribution >= 4 is 15.9 Å². The fraction of sp³-hybridized carbons (Fsp3) is 0.462. The molecule has 21 heavy (non-hydrogen) atoms. The fourth-order valence-electron chi connectivity index (χ4n) is 1.71. The van der Waals surface area contributed by atoms with Crippen molar-refractivity contribution in [3.05, 3.63) is 23.8 Å². The Kier molecular flexibility index (Phi) is 4.81. The third-order valence-corrected chi connectivity index (χ3v) is 4.47. The minimum atomic E-state index is -3.71. The van der Waals surface area contributed by atoms with Gasteiger partial charge in [0.25, 0.3) is 5.91 Å². The number of benzene rings is 1. The maximum Gasteiger partial charge on any atom is 0.274 e. The van der Waals surface area contributed by atoms with E-state index in [0.29, 0.717) is 6.61 Å². The van der Waals surface area contributed by atoms with Crippen LogP contribution in [0, 0.1) is 0 Å². The number of hydrogen-bond acceptors (Lipinski definition) is 5. The van der Waals surface area contributed by atoms with Crippen LogP contribution in [-0.4, -0.2) is 34.1 Å². The topological polar surface area (TPSA) is 93.7 Å². The second-order valence-electron chi connectivity index (χ2n) is 4.63. The monoisotopic (exact) mass is 314 g/mol. The molecule has 0 spiro atoms. The molecule has 0 saturated heterocycles. The van der Waals surface area contributed by atoms with Gasteiger partial charge in [-0.05, 0) is 38.0 Å². The number of hydrogen-bond donors (Lipinski definition) is 2. The van der Waals surface area contributed by atoms with Crippen LogP contribution >= 0.6 is 0 Å². The molecule has 8 heteroatoms. The standard InChI is InChI=1S/C13H18N2O5S/c1-3-20-14-13(16)9-4-7-11(19-2)12(8-9)21(17,18)15-10-5-6-10/h4,7-8,10,15H,3,5-6H2,1-2H3,(H,14,16). The number of carbonyl (C=O) groups excluding carboxylic acids is 1. The van der Waals surface area contributed by atoms with Crippen LogP contribution in [0.15, 0.2) is 23.1 Å². The van der Waals surface area contributed by atoms with E-state index in [0.717, 1.165) is 12.8 Å². The Morgan fingerprint density at radius 3 is 2.67 bits per heavy atom. The predicted octanol–water partition coefficient (Wildman–Crippen LogP) is 0.817. The van der Waals surface area contributed by atoms with Gasteiger partial charge in [-0.3, -0.25) is 9.63 Å². The molecule has 0 radical (unpaired) electrons. The molecule has 1 fully saturated rings. The van der Waals surface area contributed by atoms with E-state index in [-0.39, 0.29) is 22.3 Å². The fourth-order valence-corrected chi connectivity index (χ4v) is 3.21. The summed E-state index contributed by atoms with van der Waals surface area (Å²) in [6.07, 6.45) is 1.65. The van der Waals surface area contributed by atoms with E-state index >= 15 is 0 Å². The number of amides is 1. The Bertz CT molecular complexity index is 625. The van der Waals surface area contributed by atoms with Gasteiger partial charge in [-0.25, -0.2) is 18.6 Å². The van der Waals surface area contributed by atoms with Crippen LogP contribution in [0.2, 0.25) is 0 Å². The highest BCUT2D eigenvalue weighted by molar-refractivity contribution is 7.89. The molecule has 2 rings (SSSR count). The molecule has 0 heterocycles. The number of nitrogens with one attached hydrogen (secondary N) is 2.